The van der Waals surface area contributed by atoms with Crippen LogP contribution in [0, 0.1) is 5.92 Å². The second kappa shape index (κ2) is 4.74. The highest BCUT2D eigenvalue weighted by molar-refractivity contribution is 5.64. The first kappa shape index (κ1) is 9.03. The lowest BCUT2D eigenvalue weighted by Gasteiger charge is -2.13. The van der Waals surface area contributed by atoms with Gasteiger partial charge in [-0.25, -0.2) is 0 Å². The fourth-order valence-electron chi connectivity index (χ4n) is 0.864. The summed E-state index contributed by atoms with van der Waals surface area (Å²) < 4.78 is 0. The molecule has 1 aliphatic rings. The summed E-state index contributed by atoms with van der Waals surface area (Å²) in [5, 5.41) is 6.89. The van der Waals surface area contributed by atoms with Gasteiger partial charge >= 0.3 is 0 Å². The molecule has 1 unspecified atom stereocenters. The van der Waals surface area contributed by atoms with Gasteiger partial charge in [0.25, 0.3) is 0 Å². The molecule has 1 atom stereocenters. The summed E-state index contributed by atoms with van der Waals surface area (Å²) in [5.74, 6) is 0.369. The van der Waals surface area contributed by atoms with Crippen molar-refractivity contribution in [2.75, 3.05) is 13.1 Å². The van der Waals surface area contributed by atoms with Crippen LogP contribution in [0.1, 0.15) is 13.8 Å². The molecule has 0 radical (unpaired) electrons. The van der Waals surface area contributed by atoms with Crippen LogP contribution in [-0.4, -0.2) is 31.7 Å². The Morgan fingerprint density at radius 1 is 1.75 bits per heavy atom. The summed E-state index contributed by atoms with van der Waals surface area (Å²) in [7, 11) is 0. The van der Waals surface area contributed by atoms with Crippen molar-refractivity contribution in [3.63, 3.8) is 0 Å². The lowest BCUT2D eigenvalue weighted by molar-refractivity contribution is 0.0862. The van der Waals surface area contributed by atoms with Crippen molar-refractivity contribution in [3.05, 3.63) is 0 Å². The summed E-state index contributed by atoms with van der Waals surface area (Å²) >= 11 is 0. The highest BCUT2D eigenvalue weighted by atomic mass is 16.6. The van der Waals surface area contributed by atoms with E-state index in [2.05, 4.69) is 15.5 Å². The molecular weight excluding hydrogens is 154 g/mol. The minimum absolute atomic E-state index is 0.154. The van der Waals surface area contributed by atoms with Crippen LogP contribution in [0.15, 0.2) is 10.1 Å². The lowest BCUT2D eigenvalue weighted by atomic mass is 10.1. The first-order chi connectivity index (χ1) is 5.79. The monoisotopic (exact) mass is 169 g/mol. The van der Waals surface area contributed by atoms with E-state index < -0.39 is 0 Å². The first-order valence-electron chi connectivity index (χ1n) is 4.20. The fraction of sp³-hybridized carbons (Fsp3) is 0.750. The molecule has 0 saturated heterocycles. The molecule has 4 heteroatoms. The molecule has 0 bridgehead atoms. The number of oxime groups is 1. The average molecular weight is 169 g/mol. The van der Waals surface area contributed by atoms with E-state index in [-0.39, 0.29) is 6.10 Å². The topological polar surface area (TPSA) is 46.0 Å². The molecule has 0 fully saturated rings. The van der Waals surface area contributed by atoms with Crippen LogP contribution in [0.2, 0.25) is 0 Å². The molecule has 0 aromatic heterocycles. The molecule has 1 N–H and O–H groups in total. The zero-order valence-corrected chi connectivity index (χ0v) is 7.53. The van der Waals surface area contributed by atoms with E-state index in [1.807, 2.05) is 20.1 Å². The summed E-state index contributed by atoms with van der Waals surface area (Å²) in [5.41, 5.74) is 0. The Kier molecular flexibility index (Phi) is 3.57. The zero-order valence-electron chi connectivity index (χ0n) is 7.53. The Hall–Kier alpha value is -1.06. The SMILES string of the molecule is CC(C)ON=CC1CN=CNC1. The van der Waals surface area contributed by atoms with Gasteiger partial charge < -0.3 is 10.2 Å². The number of nitrogens with zero attached hydrogens (tertiary/aromatic N) is 2. The van der Waals surface area contributed by atoms with Crippen LogP contribution in [0.25, 0.3) is 0 Å². The second-order valence-electron chi connectivity index (χ2n) is 3.07. The molecule has 0 aromatic rings. The summed E-state index contributed by atoms with van der Waals surface area (Å²) in [6.07, 6.45) is 3.69. The van der Waals surface area contributed by atoms with Gasteiger partial charge in [0.15, 0.2) is 0 Å². The van der Waals surface area contributed by atoms with Gasteiger partial charge in [-0.1, -0.05) is 5.16 Å². The number of aliphatic imine (C=N–C) groups is 1. The molecule has 1 heterocycles. The standard InChI is InChI=1S/C8H15N3O/c1-7(2)12-11-5-8-3-9-6-10-4-8/h5-8H,3-4H2,1-2H3,(H,9,10). The van der Waals surface area contributed by atoms with E-state index in [4.69, 9.17) is 4.84 Å². The van der Waals surface area contributed by atoms with Crippen molar-refractivity contribution in [3.8, 4) is 0 Å². The molecule has 0 amide bonds. The maximum Gasteiger partial charge on any atom is 0.121 e. The van der Waals surface area contributed by atoms with Crippen molar-refractivity contribution >= 4 is 12.6 Å². The Morgan fingerprint density at radius 3 is 3.17 bits per heavy atom. The largest absolute Gasteiger partial charge is 0.393 e. The Morgan fingerprint density at radius 2 is 2.58 bits per heavy atom. The third-order valence-corrected chi connectivity index (χ3v) is 1.45. The first-order valence-corrected chi connectivity index (χ1v) is 4.20. The van der Waals surface area contributed by atoms with Gasteiger partial charge in [-0.2, -0.15) is 0 Å². The van der Waals surface area contributed by atoms with E-state index in [1.165, 1.54) is 0 Å². The van der Waals surface area contributed by atoms with Crippen LogP contribution in [-0.2, 0) is 4.84 Å². The summed E-state index contributed by atoms with van der Waals surface area (Å²) in [4.78, 5) is 9.11. The van der Waals surface area contributed by atoms with Crippen LogP contribution in [0.4, 0.5) is 0 Å². The highest BCUT2D eigenvalue weighted by Crippen LogP contribution is 1.96. The van der Waals surface area contributed by atoms with Gasteiger partial charge in [-0.15, -0.1) is 0 Å². The predicted octanol–water partition coefficient (Wildman–Crippen LogP) is 0.645. The molecule has 68 valence electrons. The minimum atomic E-state index is 0.154. The molecule has 0 saturated carbocycles. The second-order valence-corrected chi connectivity index (χ2v) is 3.07. The minimum Gasteiger partial charge on any atom is -0.393 e. The van der Waals surface area contributed by atoms with Gasteiger partial charge in [-0.3, -0.25) is 4.99 Å². The molecule has 0 aromatic carbocycles. The molecule has 0 spiro atoms. The molecule has 1 aliphatic heterocycles. The molecule has 0 aliphatic carbocycles. The van der Waals surface area contributed by atoms with Crippen molar-refractivity contribution in [2.45, 2.75) is 20.0 Å². The van der Waals surface area contributed by atoms with Crippen LogP contribution in [0.5, 0.6) is 0 Å². The normalized spacial score (nSPS) is 23.1. The zero-order chi connectivity index (χ0) is 8.81. The Bertz CT molecular complexity index is 177. The molecule has 4 nitrogen and oxygen atoms in total. The maximum atomic E-state index is 5.03. The average Bonchev–Trinajstić information content (AvgIpc) is 2.05. The third kappa shape index (κ3) is 3.37. The van der Waals surface area contributed by atoms with Gasteiger partial charge in [0.1, 0.15) is 6.10 Å². The number of hydrogen-bond acceptors (Lipinski definition) is 4. The third-order valence-electron chi connectivity index (χ3n) is 1.45. The maximum absolute atomic E-state index is 5.03. The fourth-order valence-corrected chi connectivity index (χ4v) is 0.864. The van der Waals surface area contributed by atoms with Crippen molar-refractivity contribution in [1.82, 2.24) is 5.32 Å². The van der Waals surface area contributed by atoms with E-state index in [0.29, 0.717) is 5.92 Å². The predicted molar refractivity (Wildman–Crippen MR) is 49.6 cm³/mol. The Balaban J connectivity index is 2.21. The van der Waals surface area contributed by atoms with Gasteiger partial charge in [0, 0.05) is 12.5 Å². The van der Waals surface area contributed by atoms with E-state index in [1.54, 1.807) is 6.34 Å². The highest BCUT2D eigenvalue weighted by Gasteiger charge is 2.06. The van der Waals surface area contributed by atoms with E-state index >= 15 is 0 Å². The summed E-state index contributed by atoms with van der Waals surface area (Å²) in [6, 6.07) is 0. The van der Waals surface area contributed by atoms with Crippen molar-refractivity contribution < 1.29 is 4.84 Å². The van der Waals surface area contributed by atoms with Crippen LogP contribution in [0.3, 0.4) is 0 Å². The van der Waals surface area contributed by atoms with Gasteiger partial charge in [-0.05, 0) is 13.8 Å². The molecule has 1 rings (SSSR count). The number of hydrogen-bond donors (Lipinski definition) is 1. The van der Waals surface area contributed by atoms with E-state index in [9.17, 15) is 0 Å². The van der Waals surface area contributed by atoms with Gasteiger partial charge in [0.2, 0.25) is 0 Å². The lowest BCUT2D eigenvalue weighted by Crippen LogP contribution is -2.29. The Labute approximate surface area is 72.7 Å². The number of rotatable bonds is 3. The van der Waals surface area contributed by atoms with Crippen molar-refractivity contribution in [1.29, 1.82) is 0 Å². The molecule has 12 heavy (non-hydrogen) atoms. The van der Waals surface area contributed by atoms with Crippen LogP contribution >= 0.6 is 0 Å². The smallest absolute Gasteiger partial charge is 0.121 e. The van der Waals surface area contributed by atoms with Gasteiger partial charge in [0.05, 0.1) is 19.1 Å². The van der Waals surface area contributed by atoms with Crippen molar-refractivity contribution in [2.24, 2.45) is 16.1 Å². The number of nitrogens with one attached hydrogen (secondary N) is 1. The van der Waals surface area contributed by atoms with E-state index in [0.717, 1.165) is 13.1 Å². The quantitative estimate of drug-likeness (QED) is 0.498. The molecular formula is C8H15N3O. The van der Waals surface area contributed by atoms with Crippen LogP contribution < -0.4 is 5.32 Å². The summed E-state index contributed by atoms with van der Waals surface area (Å²) in [6.45, 7) is 5.61.